The highest BCUT2D eigenvalue weighted by Crippen LogP contribution is 2.21. The Morgan fingerprint density at radius 1 is 1.23 bits per heavy atom. The lowest BCUT2D eigenvalue weighted by Crippen LogP contribution is -2.48. The Morgan fingerprint density at radius 2 is 1.95 bits per heavy atom. The molecule has 3 heterocycles. The van der Waals surface area contributed by atoms with Crippen molar-refractivity contribution in [3.05, 3.63) is 41.2 Å². The average molecular weight is 316 g/mol. The average Bonchev–Trinajstić information content (AvgIpc) is 3.00. The lowest BCUT2D eigenvalue weighted by atomic mass is 10.1. The van der Waals surface area contributed by atoms with Crippen molar-refractivity contribution in [2.75, 3.05) is 31.1 Å². The summed E-state index contributed by atoms with van der Waals surface area (Å²) in [5.41, 5.74) is 2.23. The van der Waals surface area contributed by atoms with Gasteiger partial charge in [0.25, 0.3) is 0 Å². The van der Waals surface area contributed by atoms with Crippen LogP contribution in [0.4, 0.5) is 5.13 Å². The van der Waals surface area contributed by atoms with Gasteiger partial charge in [-0.1, -0.05) is 0 Å². The molecular weight excluding hydrogens is 296 g/mol. The maximum atomic E-state index is 12.3. The van der Waals surface area contributed by atoms with Crippen LogP contribution in [0, 0.1) is 6.92 Å². The van der Waals surface area contributed by atoms with Crippen molar-refractivity contribution in [3.63, 3.8) is 0 Å². The third-order valence-electron chi connectivity index (χ3n) is 3.89. The number of hydrogen-bond donors (Lipinski definition) is 0. The number of aryl methyl sites for hydroxylation is 2. The van der Waals surface area contributed by atoms with Gasteiger partial charge in [-0.15, -0.1) is 11.3 Å². The highest BCUT2D eigenvalue weighted by atomic mass is 32.1. The van der Waals surface area contributed by atoms with Gasteiger partial charge in [0.05, 0.1) is 5.69 Å². The van der Waals surface area contributed by atoms with Crippen LogP contribution in [-0.4, -0.2) is 47.0 Å². The number of anilines is 1. The first-order chi connectivity index (χ1) is 10.7. The molecule has 0 aromatic carbocycles. The van der Waals surface area contributed by atoms with Crippen molar-refractivity contribution >= 4 is 22.4 Å². The summed E-state index contributed by atoms with van der Waals surface area (Å²) in [5.74, 6) is 0.242. The number of hydrogen-bond acceptors (Lipinski definition) is 5. The zero-order valence-electron chi connectivity index (χ0n) is 12.7. The Balaban J connectivity index is 1.47. The molecule has 2 aromatic heterocycles. The molecule has 0 N–H and O–H groups in total. The molecule has 5 nitrogen and oxygen atoms in total. The molecule has 0 aliphatic carbocycles. The second-order valence-electron chi connectivity index (χ2n) is 5.49. The Kier molecular flexibility index (Phi) is 4.68. The lowest BCUT2D eigenvalue weighted by Gasteiger charge is -2.34. The number of nitrogens with zero attached hydrogens (tertiary/aromatic N) is 4. The molecule has 0 bridgehead atoms. The maximum Gasteiger partial charge on any atom is 0.223 e. The molecule has 1 amide bonds. The predicted molar refractivity (Wildman–Crippen MR) is 88.2 cm³/mol. The largest absolute Gasteiger partial charge is 0.345 e. The summed E-state index contributed by atoms with van der Waals surface area (Å²) >= 11 is 1.68. The van der Waals surface area contributed by atoms with Crippen molar-refractivity contribution in [3.8, 4) is 0 Å². The Hall–Kier alpha value is -1.95. The van der Waals surface area contributed by atoms with Crippen LogP contribution in [0.1, 0.15) is 17.7 Å². The Bertz CT molecular complexity index is 620. The lowest BCUT2D eigenvalue weighted by molar-refractivity contribution is -0.131. The van der Waals surface area contributed by atoms with E-state index in [1.54, 1.807) is 23.7 Å². The minimum Gasteiger partial charge on any atom is -0.345 e. The number of aromatic nitrogens is 2. The third-order valence-corrected chi connectivity index (χ3v) is 4.91. The van der Waals surface area contributed by atoms with Crippen LogP contribution in [0.2, 0.25) is 0 Å². The van der Waals surface area contributed by atoms with E-state index in [4.69, 9.17) is 0 Å². The zero-order valence-corrected chi connectivity index (χ0v) is 13.6. The van der Waals surface area contributed by atoms with Gasteiger partial charge >= 0.3 is 0 Å². The molecule has 2 aromatic rings. The Morgan fingerprint density at radius 3 is 2.59 bits per heavy atom. The van der Waals surface area contributed by atoms with Gasteiger partial charge in [-0.05, 0) is 31.0 Å². The Labute approximate surface area is 134 Å². The number of thiazole rings is 1. The van der Waals surface area contributed by atoms with E-state index >= 15 is 0 Å². The van der Waals surface area contributed by atoms with Crippen LogP contribution < -0.4 is 4.90 Å². The number of amides is 1. The van der Waals surface area contributed by atoms with Gasteiger partial charge in [-0.25, -0.2) is 4.98 Å². The quantitative estimate of drug-likeness (QED) is 0.867. The highest BCUT2D eigenvalue weighted by Gasteiger charge is 2.22. The topological polar surface area (TPSA) is 49.3 Å². The molecule has 0 unspecified atom stereocenters. The number of carbonyl (C=O) groups excluding carboxylic acids is 1. The number of rotatable bonds is 4. The van der Waals surface area contributed by atoms with Crippen molar-refractivity contribution in [1.29, 1.82) is 0 Å². The summed E-state index contributed by atoms with van der Waals surface area (Å²) in [6.45, 7) is 5.32. The van der Waals surface area contributed by atoms with Crippen LogP contribution in [-0.2, 0) is 11.2 Å². The summed E-state index contributed by atoms with van der Waals surface area (Å²) in [6, 6.07) is 3.94. The first-order valence-electron chi connectivity index (χ1n) is 7.56. The molecular formula is C16H20N4OS. The standard InChI is InChI=1S/C16H20N4OS/c1-13-12-22-16(18-13)20-10-8-19(9-11-20)15(21)3-2-14-4-6-17-7-5-14/h4-7,12H,2-3,8-11H2,1H3. The SMILES string of the molecule is Cc1csc(N2CCN(C(=O)CCc3ccncc3)CC2)n1. The summed E-state index contributed by atoms with van der Waals surface area (Å²) in [5, 5.41) is 3.14. The molecule has 0 saturated carbocycles. The van der Waals surface area contributed by atoms with Crippen LogP contribution >= 0.6 is 11.3 Å². The van der Waals surface area contributed by atoms with Gasteiger partial charge in [0.2, 0.25) is 5.91 Å². The molecule has 0 radical (unpaired) electrons. The third kappa shape index (κ3) is 3.62. The van der Waals surface area contributed by atoms with Crippen LogP contribution in [0.3, 0.4) is 0 Å². The summed E-state index contributed by atoms with van der Waals surface area (Å²) in [6.07, 6.45) is 4.90. The highest BCUT2D eigenvalue weighted by molar-refractivity contribution is 7.13. The molecule has 0 spiro atoms. The predicted octanol–water partition coefficient (Wildman–Crippen LogP) is 2.13. The second-order valence-corrected chi connectivity index (χ2v) is 6.33. The van der Waals surface area contributed by atoms with Gasteiger partial charge in [-0.3, -0.25) is 9.78 Å². The van der Waals surface area contributed by atoms with E-state index < -0.39 is 0 Å². The molecule has 3 rings (SSSR count). The monoisotopic (exact) mass is 316 g/mol. The van der Waals surface area contributed by atoms with Crippen molar-refractivity contribution < 1.29 is 4.79 Å². The van der Waals surface area contributed by atoms with Crippen molar-refractivity contribution in [2.45, 2.75) is 19.8 Å². The normalized spacial score (nSPS) is 15.1. The number of piperazine rings is 1. The number of pyridine rings is 1. The molecule has 1 aliphatic rings. The van der Waals surface area contributed by atoms with Crippen molar-refractivity contribution in [1.82, 2.24) is 14.9 Å². The van der Waals surface area contributed by atoms with E-state index in [9.17, 15) is 4.79 Å². The van der Waals surface area contributed by atoms with Crippen LogP contribution in [0.5, 0.6) is 0 Å². The molecule has 1 saturated heterocycles. The molecule has 116 valence electrons. The van der Waals surface area contributed by atoms with Crippen LogP contribution in [0.25, 0.3) is 0 Å². The molecule has 1 aliphatic heterocycles. The van der Waals surface area contributed by atoms with Gasteiger partial charge in [0.15, 0.2) is 5.13 Å². The van der Waals surface area contributed by atoms with E-state index in [2.05, 4.69) is 20.2 Å². The van der Waals surface area contributed by atoms with Crippen molar-refractivity contribution in [2.24, 2.45) is 0 Å². The first-order valence-corrected chi connectivity index (χ1v) is 8.44. The van der Waals surface area contributed by atoms with Gasteiger partial charge in [0, 0.05) is 50.4 Å². The van der Waals surface area contributed by atoms with Gasteiger partial charge in [-0.2, -0.15) is 0 Å². The van der Waals surface area contributed by atoms with E-state index in [1.807, 2.05) is 24.0 Å². The fraction of sp³-hybridized carbons (Fsp3) is 0.438. The summed E-state index contributed by atoms with van der Waals surface area (Å²) in [4.78, 5) is 25.0. The molecule has 22 heavy (non-hydrogen) atoms. The first kappa shape index (κ1) is 15.0. The van der Waals surface area contributed by atoms with Gasteiger partial charge in [0.1, 0.15) is 0 Å². The van der Waals surface area contributed by atoms with E-state index in [1.165, 1.54) is 5.56 Å². The fourth-order valence-electron chi connectivity index (χ4n) is 2.59. The van der Waals surface area contributed by atoms with E-state index in [0.29, 0.717) is 6.42 Å². The molecule has 0 atom stereocenters. The summed E-state index contributed by atoms with van der Waals surface area (Å²) < 4.78 is 0. The minimum absolute atomic E-state index is 0.242. The van der Waals surface area contributed by atoms with E-state index in [0.717, 1.165) is 43.4 Å². The molecule has 6 heteroatoms. The zero-order chi connectivity index (χ0) is 15.4. The van der Waals surface area contributed by atoms with Crippen LogP contribution in [0.15, 0.2) is 29.9 Å². The maximum absolute atomic E-state index is 12.3. The summed E-state index contributed by atoms with van der Waals surface area (Å²) in [7, 11) is 0. The minimum atomic E-state index is 0.242. The smallest absolute Gasteiger partial charge is 0.223 e. The molecule has 1 fully saturated rings. The number of carbonyl (C=O) groups is 1. The van der Waals surface area contributed by atoms with E-state index in [-0.39, 0.29) is 5.91 Å². The fourth-order valence-corrected chi connectivity index (χ4v) is 3.45. The second kappa shape index (κ2) is 6.87. The van der Waals surface area contributed by atoms with Gasteiger partial charge < -0.3 is 9.80 Å².